The quantitative estimate of drug-likeness (QED) is 0.0981. The molecule has 0 saturated carbocycles. The largest absolute Gasteiger partial charge is 0.0654 e. The second-order valence-corrected chi connectivity index (χ2v) is 12.1. The van der Waals surface area contributed by atoms with Gasteiger partial charge in [0.05, 0.1) is 0 Å². The van der Waals surface area contributed by atoms with Gasteiger partial charge in [0.2, 0.25) is 0 Å². The molecule has 0 amide bonds. The zero-order valence-corrected chi connectivity index (χ0v) is 25.7. The molecule has 0 aliphatic heterocycles. The summed E-state index contributed by atoms with van der Waals surface area (Å²) in [4.78, 5) is 0. The summed E-state index contributed by atoms with van der Waals surface area (Å²) < 4.78 is 0. The Hall–Kier alpha value is -0.780. The van der Waals surface area contributed by atoms with Crippen molar-refractivity contribution < 1.29 is 0 Å². The summed E-state index contributed by atoms with van der Waals surface area (Å²) in [5, 5.41) is 0. The molecule has 1 radical (unpaired) electrons. The average molecular weight is 512 g/mol. The Bertz CT molecular complexity index is 537. The molecule has 0 aromatic heterocycles. The van der Waals surface area contributed by atoms with E-state index in [2.05, 4.69) is 39.0 Å². The van der Waals surface area contributed by atoms with Crippen molar-refractivity contribution in [3.63, 3.8) is 0 Å². The van der Waals surface area contributed by atoms with Crippen molar-refractivity contribution in [1.82, 2.24) is 0 Å². The highest BCUT2D eigenvalue weighted by molar-refractivity contribution is 5.32. The van der Waals surface area contributed by atoms with Gasteiger partial charge in [-0.1, -0.05) is 186 Å². The molecule has 0 spiro atoms. The van der Waals surface area contributed by atoms with E-state index in [4.69, 9.17) is 0 Å². The van der Waals surface area contributed by atoms with Crippen LogP contribution in [0.5, 0.6) is 0 Å². The van der Waals surface area contributed by atoms with Crippen LogP contribution in [0, 0.1) is 6.92 Å². The molecule has 0 atom stereocenters. The van der Waals surface area contributed by atoms with E-state index in [0.717, 1.165) is 0 Å². The number of unbranched alkanes of at least 4 members (excludes halogenated alkanes) is 24. The SMILES string of the molecule is [CH2]c1cc(CCCCCCCCCCCCCCC)cc(CCCCCCCCCCCCCCC)c1. The molecule has 0 heterocycles. The van der Waals surface area contributed by atoms with Crippen molar-refractivity contribution in [3.8, 4) is 0 Å². The summed E-state index contributed by atoms with van der Waals surface area (Å²) in [5.74, 6) is 0. The third kappa shape index (κ3) is 22.9. The Morgan fingerprint density at radius 1 is 0.351 bits per heavy atom. The smallest absolute Gasteiger partial charge is 0.0238 e. The molecule has 0 aliphatic carbocycles. The standard InChI is InChI=1S/C37H67/c1-4-6-8-10-12-14-16-18-20-22-24-26-28-30-36-32-35(3)33-37(34-36)31-29-27-25-23-21-19-17-15-13-11-9-7-5-2/h32-34H,3-31H2,1-2H3. The minimum absolute atomic E-state index is 1.22. The minimum atomic E-state index is 1.22. The number of hydrogen-bond acceptors (Lipinski definition) is 0. The lowest BCUT2D eigenvalue weighted by atomic mass is 9.97. The summed E-state index contributed by atoms with van der Waals surface area (Å²) >= 11 is 0. The van der Waals surface area contributed by atoms with E-state index in [1.165, 1.54) is 196 Å². The highest BCUT2D eigenvalue weighted by Crippen LogP contribution is 2.18. The molecule has 0 heteroatoms. The van der Waals surface area contributed by atoms with Crippen LogP contribution in [0.4, 0.5) is 0 Å². The molecule has 1 aromatic carbocycles. The van der Waals surface area contributed by atoms with Gasteiger partial charge in [-0.15, -0.1) is 0 Å². The second kappa shape index (κ2) is 26.8. The van der Waals surface area contributed by atoms with Crippen LogP contribution in [0.1, 0.15) is 197 Å². The Morgan fingerprint density at radius 2 is 0.595 bits per heavy atom. The first-order chi connectivity index (χ1) is 18.3. The van der Waals surface area contributed by atoms with Gasteiger partial charge in [-0.2, -0.15) is 0 Å². The van der Waals surface area contributed by atoms with Crippen LogP contribution in [-0.2, 0) is 12.8 Å². The van der Waals surface area contributed by atoms with E-state index < -0.39 is 0 Å². The molecular formula is C37H67. The van der Waals surface area contributed by atoms with E-state index in [-0.39, 0.29) is 0 Å². The summed E-state index contributed by atoms with van der Waals surface area (Å²) in [6.45, 7) is 8.87. The lowest BCUT2D eigenvalue weighted by Crippen LogP contribution is -1.93. The summed E-state index contributed by atoms with van der Waals surface area (Å²) in [6.07, 6.45) is 39.7. The van der Waals surface area contributed by atoms with Crippen molar-refractivity contribution in [2.45, 2.75) is 194 Å². The van der Waals surface area contributed by atoms with Gasteiger partial charge in [-0.3, -0.25) is 0 Å². The monoisotopic (exact) mass is 512 g/mol. The summed E-state index contributed by atoms with van der Waals surface area (Å²) in [5.41, 5.74) is 4.28. The van der Waals surface area contributed by atoms with Crippen LogP contribution in [0.25, 0.3) is 0 Å². The Morgan fingerprint density at radius 3 is 0.865 bits per heavy atom. The first-order valence-electron chi connectivity index (χ1n) is 17.2. The zero-order valence-electron chi connectivity index (χ0n) is 25.7. The molecule has 0 nitrogen and oxygen atoms in total. The highest BCUT2D eigenvalue weighted by Gasteiger charge is 2.01. The van der Waals surface area contributed by atoms with E-state index in [1.807, 2.05) is 0 Å². The van der Waals surface area contributed by atoms with Crippen LogP contribution in [0.3, 0.4) is 0 Å². The van der Waals surface area contributed by atoms with Gasteiger partial charge in [-0.25, -0.2) is 0 Å². The molecular weight excluding hydrogens is 444 g/mol. The molecule has 0 unspecified atom stereocenters. The fourth-order valence-corrected chi connectivity index (χ4v) is 5.82. The molecule has 0 aliphatic rings. The van der Waals surface area contributed by atoms with Gasteiger partial charge in [-0.05, 0) is 49.3 Å². The Balaban J connectivity index is 1.97. The molecule has 1 rings (SSSR count). The van der Waals surface area contributed by atoms with Crippen molar-refractivity contribution in [1.29, 1.82) is 0 Å². The van der Waals surface area contributed by atoms with Crippen LogP contribution in [-0.4, -0.2) is 0 Å². The molecule has 1 aromatic rings. The lowest BCUT2D eigenvalue weighted by Gasteiger charge is -2.09. The predicted molar refractivity (Wildman–Crippen MR) is 170 cm³/mol. The fourth-order valence-electron chi connectivity index (χ4n) is 5.82. The first kappa shape index (κ1) is 34.2. The maximum Gasteiger partial charge on any atom is -0.0238 e. The third-order valence-electron chi connectivity index (χ3n) is 8.25. The van der Waals surface area contributed by atoms with Gasteiger partial charge in [0.1, 0.15) is 0 Å². The van der Waals surface area contributed by atoms with Gasteiger partial charge in [0.15, 0.2) is 0 Å². The molecule has 0 saturated heterocycles. The fraction of sp³-hybridized carbons (Fsp3) is 0.811. The van der Waals surface area contributed by atoms with Crippen LogP contribution in [0.2, 0.25) is 0 Å². The lowest BCUT2D eigenvalue weighted by molar-refractivity contribution is 0.539. The number of hydrogen-bond donors (Lipinski definition) is 0. The van der Waals surface area contributed by atoms with Crippen molar-refractivity contribution in [2.75, 3.05) is 0 Å². The van der Waals surface area contributed by atoms with Crippen molar-refractivity contribution >= 4 is 0 Å². The average Bonchev–Trinajstić information content (AvgIpc) is 2.89. The number of aryl methyl sites for hydroxylation is 2. The van der Waals surface area contributed by atoms with Crippen LogP contribution in [0.15, 0.2) is 18.2 Å². The summed E-state index contributed by atoms with van der Waals surface area (Å²) in [6, 6.07) is 7.14. The first-order valence-corrected chi connectivity index (χ1v) is 17.2. The normalized spacial score (nSPS) is 11.4. The van der Waals surface area contributed by atoms with Crippen LogP contribution < -0.4 is 0 Å². The van der Waals surface area contributed by atoms with E-state index >= 15 is 0 Å². The third-order valence-corrected chi connectivity index (χ3v) is 8.25. The van der Waals surface area contributed by atoms with E-state index in [9.17, 15) is 0 Å². The predicted octanol–water partition coefficient (Wildman–Crippen LogP) is 13.1. The Labute approximate surface area is 235 Å². The maximum atomic E-state index is 4.27. The summed E-state index contributed by atoms with van der Waals surface area (Å²) in [7, 11) is 0. The van der Waals surface area contributed by atoms with Gasteiger partial charge < -0.3 is 0 Å². The van der Waals surface area contributed by atoms with Crippen LogP contribution >= 0.6 is 0 Å². The topological polar surface area (TPSA) is 0 Å². The van der Waals surface area contributed by atoms with Crippen molar-refractivity contribution in [3.05, 3.63) is 41.8 Å². The highest BCUT2D eigenvalue weighted by atomic mass is 14.1. The number of benzene rings is 1. The Kier molecular flexibility index (Phi) is 24.8. The zero-order chi connectivity index (χ0) is 26.7. The maximum absolute atomic E-state index is 4.27. The van der Waals surface area contributed by atoms with Gasteiger partial charge >= 0.3 is 0 Å². The van der Waals surface area contributed by atoms with Gasteiger partial charge in [0, 0.05) is 0 Å². The molecule has 215 valence electrons. The second-order valence-electron chi connectivity index (χ2n) is 12.1. The molecule has 0 bridgehead atoms. The van der Waals surface area contributed by atoms with E-state index in [1.54, 1.807) is 0 Å². The number of rotatable bonds is 28. The molecule has 37 heavy (non-hydrogen) atoms. The molecule has 0 fully saturated rings. The van der Waals surface area contributed by atoms with Gasteiger partial charge in [0.25, 0.3) is 0 Å². The molecule has 0 N–H and O–H groups in total. The van der Waals surface area contributed by atoms with Crippen molar-refractivity contribution in [2.24, 2.45) is 0 Å². The minimum Gasteiger partial charge on any atom is -0.0654 e. The van der Waals surface area contributed by atoms with E-state index in [0.29, 0.717) is 0 Å².